The molecule has 0 saturated heterocycles. The van der Waals surface area contributed by atoms with Crippen LogP contribution < -0.4 is 19.7 Å². The van der Waals surface area contributed by atoms with Gasteiger partial charge in [0.1, 0.15) is 11.5 Å². The van der Waals surface area contributed by atoms with Crippen LogP contribution >= 0.6 is 23.2 Å². The fraction of sp³-hybridized carbons (Fsp3) is 0.0667. The van der Waals surface area contributed by atoms with Gasteiger partial charge in [0.25, 0.3) is 0 Å². The Bertz CT molecular complexity index is 1370. The molecule has 0 spiro atoms. The van der Waals surface area contributed by atoms with Gasteiger partial charge in [-0.05, 0) is 95.1 Å². The third-order valence-electron chi connectivity index (χ3n) is 5.12. The van der Waals surface area contributed by atoms with Gasteiger partial charge in [0.05, 0.1) is 26.6 Å². The molecule has 0 unspecified atom stereocenters. The zero-order valence-corrected chi connectivity index (χ0v) is 25.5. The predicted molar refractivity (Wildman–Crippen MR) is 164 cm³/mol. The third kappa shape index (κ3) is 13.5. The van der Waals surface area contributed by atoms with Gasteiger partial charge in [0, 0.05) is 21.8 Å². The summed E-state index contributed by atoms with van der Waals surface area (Å²) in [6.45, 7) is 0. The largest absolute Gasteiger partial charge is 2.00 e. The second-order valence-electron chi connectivity index (χ2n) is 7.86. The zero-order chi connectivity index (χ0) is 28.7. The third-order valence-corrected chi connectivity index (χ3v) is 5.63. The summed E-state index contributed by atoms with van der Waals surface area (Å²) in [6, 6.07) is 27.5. The van der Waals surface area contributed by atoms with Crippen molar-refractivity contribution in [3.63, 3.8) is 0 Å². The van der Waals surface area contributed by atoms with Crippen LogP contribution in [-0.2, 0) is 16.8 Å². The molecule has 43 heavy (non-hydrogen) atoms. The van der Waals surface area contributed by atoms with Gasteiger partial charge in [-0.1, -0.05) is 47.5 Å². The summed E-state index contributed by atoms with van der Waals surface area (Å²) >= 11 is 11.5. The van der Waals surface area contributed by atoms with Crippen LogP contribution in [0.1, 0.15) is 22.3 Å². The van der Waals surface area contributed by atoms with Crippen LogP contribution in [0.25, 0.3) is 0 Å². The molecule has 0 aliphatic heterocycles. The molecule has 13 heteroatoms. The van der Waals surface area contributed by atoms with E-state index in [-0.39, 0.29) is 27.7 Å². The molecule has 0 aliphatic rings. The SMILES string of the molecule is COc1ccc(/C=N/N=C(\[O-])c2ccc(Cl)cc2)cc1.COc1ccc(/C=N/N=C(\[O-])c2ccc(Cl)cc2)cc1.O.O.[Co+2]. The Balaban J connectivity index is 0.000000767. The van der Waals surface area contributed by atoms with Crippen molar-refractivity contribution in [1.29, 1.82) is 0 Å². The zero-order valence-electron chi connectivity index (χ0n) is 22.9. The molecular weight excluding hydrogens is 642 g/mol. The molecule has 0 aromatic heterocycles. The van der Waals surface area contributed by atoms with E-state index in [0.29, 0.717) is 21.2 Å². The molecule has 0 bridgehead atoms. The Hall–Kier alpha value is -4.23. The molecule has 0 aliphatic carbocycles. The summed E-state index contributed by atoms with van der Waals surface area (Å²) in [7, 11) is 3.20. The monoisotopic (exact) mass is 669 g/mol. The van der Waals surface area contributed by atoms with Gasteiger partial charge in [-0.15, -0.1) is 0 Å². The second-order valence-corrected chi connectivity index (χ2v) is 8.73. The van der Waals surface area contributed by atoms with Crippen LogP contribution in [0.3, 0.4) is 0 Å². The van der Waals surface area contributed by atoms with E-state index in [1.807, 2.05) is 48.5 Å². The molecule has 1 radical (unpaired) electrons. The van der Waals surface area contributed by atoms with Crippen LogP contribution in [0, 0.1) is 0 Å². The van der Waals surface area contributed by atoms with Gasteiger partial charge in [-0.2, -0.15) is 20.4 Å². The predicted octanol–water partition coefficient (Wildman–Crippen LogP) is 3.33. The molecule has 10 nitrogen and oxygen atoms in total. The summed E-state index contributed by atoms with van der Waals surface area (Å²) in [4.78, 5) is 0. The van der Waals surface area contributed by atoms with E-state index in [4.69, 9.17) is 32.7 Å². The first-order valence-corrected chi connectivity index (χ1v) is 12.5. The van der Waals surface area contributed by atoms with E-state index in [0.717, 1.165) is 22.6 Å². The first-order valence-electron chi connectivity index (χ1n) is 11.7. The summed E-state index contributed by atoms with van der Waals surface area (Å²) < 4.78 is 10.1. The van der Waals surface area contributed by atoms with Crippen molar-refractivity contribution >= 4 is 47.4 Å². The molecule has 0 amide bonds. The molecule has 4 aromatic rings. The molecular formula is C30H28Cl2CoN4O6. The van der Waals surface area contributed by atoms with Gasteiger partial charge in [-0.3, -0.25) is 0 Å². The van der Waals surface area contributed by atoms with Gasteiger partial charge in [0.2, 0.25) is 0 Å². The minimum Gasteiger partial charge on any atom is -0.857 e. The van der Waals surface area contributed by atoms with Crippen molar-refractivity contribution in [3.05, 3.63) is 129 Å². The van der Waals surface area contributed by atoms with E-state index in [9.17, 15) is 10.2 Å². The van der Waals surface area contributed by atoms with Crippen molar-refractivity contribution in [3.8, 4) is 11.5 Å². The molecule has 4 rings (SSSR count). The van der Waals surface area contributed by atoms with Crippen molar-refractivity contribution < 1.29 is 47.4 Å². The van der Waals surface area contributed by atoms with E-state index < -0.39 is 11.8 Å². The fourth-order valence-electron chi connectivity index (χ4n) is 2.98. The Kier molecular flexibility index (Phi) is 18.6. The number of halogens is 2. The summed E-state index contributed by atoms with van der Waals surface area (Å²) in [5.41, 5.74) is 2.56. The molecule has 0 atom stereocenters. The first kappa shape index (κ1) is 38.8. The Morgan fingerprint density at radius 3 is 1.14 bits per heavy atom. The Morgan fingerprint density at radius 2 is 0.860 bits per heavy atom. The molecule has 0 fully saturated rings. The maximum atomic E-state index is 11.7. The molecule has 4 N–H and O–H groups in total. The molecule has 4 aromatic carbocycles. The normalized spacial score (nSPS) is 11.0. The minimum atomic E-state index is -0.411. The number of ether oxygens (including phenoxy) is 2. The second kappa shape index (κ2) is 20.6. The number of hydrogen-bond donors (Lipinski definition) is 0. The summed E-state index contributed by atoms with van der Waals surface area (Å²) in [5.74, 6) is 0.700. The quantitative estimate of drug-likeness (QED) is 0.159. The van der Waals surface area contributed by atoms with E-state index >= 15 is 0 Å². The van der Waals surface area contributed by atoms with Gasteiger partial charge in [-0.25, -0.2) is 0 Å². The number of benzene rings is 4. The van der Waals surface area contributed by atoms with Crippen LogP contribution in [-0.4, -0.2) is 49.4 Å². The molecule has 227 valence electrons. The van der Waals surface area contributed by atoms with E-state index in [2.05, 4.69) is 20.4 Å². The standard InChI is InChI=1S/2C15H13ClN2O2.Co.2H2O/c2*1-20-14-8-2-11(3-9-14)10-17-18-15(19)12-4-6-13(16)7-5-12;;;/h2*2-10H,1H3,(H,18,19);;2*1H2/q;;+2;;/p-2/b2*17-10+;;;. The maximum absolute atomic E-state index is 11.7. The average molecular weight is 670 g/mol. The smallest absolute Gasteiger partial charge is 0.857 e. The first-order chi connectivity index (χ1) is 19.4. The van der Waals surface area contributed by atoms with Crippen molar-refractivity contribution in [1.82, 2.24) is 0 Å². The number of rotatable bonds is 8. The molecule has 0 saturated carbocycles. The van der Waals surface area contributed by atoms with Crippen LogP contribution in [0.5, 0.6) is 11.5 Å². The molecule has 0 heterocycles. The fourth-order valence-corrected chi connectivity index (χ4v) is 3.23. The number of hydrogen-bond acceptors (Lipinski definition) is 8. The maximum Gasteiger partial charge on any atom is 2.00 e. The number of nitrogens with zero attached hydrogens (tertiary/aromatic N) is 4. The summed E-state index contributed by atoms with van der Waals surface area (Å²) in [5, 5.41) is 39.3. The van der Waals surface area contributed by atoms with Crippen LogP contribution in [0.2, 0.25) is 10.0 Å². The van der Waals surface area contributed by atoms with Gasteiger partial charge in [0.15, 0.2) is 0 Å². The van der Waals surface area contributed by atoms with Crippen LogP contribution in [0.15, 0.2) is 117 Å². The van der Waals surface area contributed by atoms with Gasteiger partial charge >= 0.3 is 16.8 Å². The summed E-state index contributed by atoms with van der Waals surface area (Å²) in [6.07, 6.45) is 3.01. The van der Waals surface area contributed by atoms with Crippen LogP contribution in [0.4, 0.5) is 0 Å². The van der Waals surface area contributed by atoms with E-state index in [1.54, 1.807) is 62.8 Å². The van der Waals surface area contributed by atoms with Crippen molar-refractivity contribution in [2.24, 2.45) is 20.4 Å². The average Bonchev–Trinajstić information content (AvgIpc) is 2.99. The van der Waals surface area contributed by atoms with Crippen molar-refractivity contribution in [2.45, 2.75) is 0 Å². The van der Waals surface area contributed by atoms with Crippen molar-refractivity contribution in [2.75, 3.05) is 14.2 Å². The topological polar surface area (TPSA) is 177 Å². The van der Waals surface area contributed by atoms with Gasteiger partial charge < -0.3 is 30.6 Å². The van der Waals surface area contributed by atoms with E-state index in [1.165, 1.54) is 12.4 Å². The minimum absolute atomic E-state index is 0. The number of methoxy groups -OCH3 is 2. The Labute approximate surface area is 269 Å². The Morgan fingerprint density at radius 1 is 0.558 bits per heavy atom.